The molecule has 9 heteroatoms. The number of likely N-dealkylation sites (tertiary alicyclic amines) is 1. The van der Waals surface area contributed by atoms with Gasteiger partial charge < -0.3 is 10.1 Å². The zero-order valence-corrected chi connectivity index (χ0v) is 21.2. The maximum Gasteiger partial charge on any atom is 0.227 e. The standard InChI is InChI=1S/C26H32ClFN6O/c1-5-17(4)34-25(27)23(11-30-34)32-26-29-10-18-8-15(2)20(9-22(18)31-26)19-6-7-33(12-21(19)28)24-14-35-13-16(24)3/h8-11,16,19,21,24H,4-7,12-14H2,1-3H3,(H,29,31,32)/t16-,19+,21-,24+/m1/s1. The Hall–Kier alpha value is -2.55. The number of piperidine rings is 1. The molecule has 0 radical (unpaired) electrons. The largest absolute Gasteiger partial charge is 0.379 e. The van der Waals surface area contributed by atoms with Gasteiger partial charge in [-0.15, -0.1) is 0 Å². The second-order valence-electron chi connectivity index (χ2n) is 9.76. The Morgan fingerprint density at radius 1 is 1.31 bits per heavy atom. The third-order valence-electron chi connectivity index (χ3n) is 7.40. The summed E-state index contributed by atoms with van der Waals surface area (Å²) >= 11 is 6.47. The van der Waals surface area contributed by atoms with Gasteiger partial charge in [0, 0.05) is 35.8 Å². The van der Waals surface area contributed by atoms with Gasteiger partial charge in [0.2, 0.25) is 5.95 Å². The minimum absolute atomic E-state index is 0.146. The first-order valence-corrected chi connectivity index (χ1v) is 12.6. The van der Waals surface area contributed by atoms with Crippen LogP contribution in [0.1, 0.15) is 43.7 Å². The highest BCUT2D eigenvalue weighted by Gasteiger charge is 2.37. The maximum absolute atomic E-state index is 15.5. The van der Waals surface area contributed by atoms with E-state index in [-0.39, 0.29) is 5.92 Å². The molecule has 1 aromatic carbocycles. The highest BCUT2D eigenvalue weighted by Crippen LogP contribution is 2.36. The summed E-state index contributed by atoms with van der Waals surface area (Å²) in [7, 11) is 0. The lowest BCUT2D eigenvalue weighted by atomic mass is 9.84. The third-order valence-corrected chi connectivity index (χ3v) is 7.76. The van der Waals surface area contributed by atoms with E-state index in [1.807, 2.05) is 19.9 Å². The molecule has 5 rings (SSSR count). The summed E-state index contributed by atoms with van der Waals surface area (Å²) in [5.74, 6) is 0.717. The van der Waals surface area contributed by atoms with Crippen LogP contribution in [0.4, 0.5) is 16.0 Å². The molecule has 2 aliphatic heterocycles. The highest BCUT2D eigenvalue weighted by molar-refractivity contribution is 6.32. The van der Waals surface area contributed by atoms with E-state index >= 15 is 4.39 Å². The third kappa shape index (κ3) is 4.67. The Labute approximate surface area is 210 Å². The van der Waals surface area contributed by atoms with E-state index < -0.39 is 6.17 Å². The van der Waals surface area contributed by atoms with E-state index in [4.69, 9.17) is 21.3 Å². The number of aryl methyl sites for hydroxylation is 1. The number of hydrogen-bond acceptors (Lipinski definition) is 6. The minimum atomic E-state index is -0.927. The van der Waals surface area contributed by atoms with Crippen molar-refractivity contribution in [1.29, 1.82) is 0 Å². The molecule has 2 aromatic heterocycles. The second-order valence-corrected chi connectivity index (χ2v) is 10.1. The molecule has 0 aliphatic carbocycles. The van der Waals surface area contributed by atoms with Crippen LogP contribution in [-0.4, -0.2) is 63.2 Å². The van der Waals surface area contributed by atoms with E-state index in [0.717, 1.165) is 53.7 Å². The van der Waals surface area contributed by atoms with Crippen LogP contribution in [0.15, 0.2) is 31.1 Å². The summed E-state index contributed by atoms with van der Waals surface area (Å²) < 4.78 is 22.7. The molecule has 2 aliphatic rings. The van der Waals surface area contributed by atoms with Crippen LogP contribution in [0.3, 0.4) is 0 Å². The van der Waals surface area contributed by atoms with Crippen molar-refractivity contribution in [2.75, 3.05) is 31.6 Å². The molecule has 4 atom stereocenters. The van der Waals surface area contributed by atoms with Crippen molar-refractivity contribution in [3.63, 3.8) is 0 Å². The molecule has 2 fully saturated rings. The highest BCUT2D eigenvalue weighted by atomic mass is 35.5. The molecular formula is C26H32ClFN6O. The molecule has 0 saturated carbocycles. The number of benzene rings is 1. The fourth-order valence-corrected chi connectivity index (χ4v) is 5.53. The number of nitrogens with one attached hydrogen (secondary N) is 1. The van der Waals surface area contributed by atoms with Gasteiger partial charge in [-0.1, -0.05) is 32.0 Å². The number of allylic oxidation sites excluding steroid dienone is 1. The first kappa shape index (κ1) is 24.2. The Kier molecular flexibility index (Phi) is 6.79. The number of fused-ring (bicyclic) bond motifs is 1. The van der Waals surface area contributed by atoms with Crippen molar-refractivity contribution < 1.29 is 9.13 Å². The van der Waals surface area contributed by atoms with Crippen LogP contribution in [0.5, 0.6) is 0 Å². The van der Waals surface area contributed by atoms with Crippen molar-refractivity contribution in [3.8, 4) is 0 Å². The summed E-state index contributed by atoms with van der Waals surface area (Å²) in [4.78, 5) is 11.4. The van der Waals surface area contributed by atoms with Gasteiger partial charge in [-0.05, 0) is 55.5 Å². The Balaban J connectivity index is 1.37. The average Bonchev–Trinajstić information content (AvgIpc) is 3.44. The Morgan fingerprint density at radius 3 is 2.86 bits per heavy atom. The number of halogens is 2. The first-order chi connectivity index (χ1) is 16.9. The zero-order valence-electron chi connectivity index (χ0n) is 20.5. The Bertz CT molecular complexity index is 1250. The minimum Gasteiger partial charge on any atom is -0.379 e. The molecule has 7 nitrogen and oxygen atoms in total. The van der Waals surface area contributed by atoms with Gasteiger partial charge in [0.1, 0.15) is 6.17 Å². The van der Waals surface area contributed by atoms with Gasteiger partial charge in [-0.2, -0.15) is 5.10 Å². The molecule has 186 valence electrons. The van der Waals surface area contributed by atoms with Crippen LogP contribution in [0, 0.1) is 12.8 Å². The van der Waals surface area contributed by atoms with Crippen molar-refractivity contribution in [2.24, 2.45) is 5.92 Å². The van der Waals surface area contributed by atoms with E-state index in [1.54, 1.807) is 17.1 Å². The van der Waals surface area contributed by atoms with Gasteiger partial charge in [0.15, 0.2) is 5.15 Å². The van der Waals surface area contributed by atoms with Crippen molar-refractivity contribution >= 4 is 39.8 Å². The smallest absolute Gasteiger partial charge is 0.227 e. The summed E-state index contributed by atoms with van der Waals surface area (Å²) in [5.41, 5.74) is 4.27. The summed E-state index contributed by atoms with van der Waals surface area (Å²) in [6.07, 6.45) is 4.00. The fourth-order valence-electron chi connectivity index (χ4n) is 5.27. The van der Waals surface area contributed by atoms with E-state index in [1.165, 1.54) is 0 Å². The maximum atomic E-state index is 15.5. The molecule has 0 spiro atoms. The number of nitrogens with zero attached hydrogens (tertiary/aromatic N) is 5. The molecule has 35 heavy (non-hydrogen) atoms. The van der Waals surface area contributed by atoms with Crippen LogP contribution in [0.25, 0.3) is 16.6 Å². The lowest BCUT2D eigenvalue weighted by Gasteiger charge is -2.39. The van der Waals surface area contributed by atoms with Crippen molar-refractivity contribution in [1.82, 2.24) is 24.6 Å². The van der Waals surface area contributed by atoms with Crippen LogP contribution in [0.2, 0.25) is 5.15 Å². The van der Waals surface area contributed by atoms with E-state index in [0.29, 0.717) is 41.9 Å². The molecular weight excluding hydrogens is 467 g/mol. The lowest BCUT2D eigenvalue weighted by Crippen LogP contribution is -2.48. The molecule has 0 amide bonds. The number of anilines is 2. The normalized spacial score (nSPS) is 25.3. The molecule has 4 heterocycles. The topological polar surface area (TPSA) is 68.1 Å². The number of hydrogen-bond donors (Lipinski definition) is 1. The number of alkyl halides is 1. The number of aromatic nitrogens is 4. The molecule has 2 saturated heterocycles. The van der Waals surface area contributed by atoms with Gasteiger partial charge in [0.05, 0.1) is 30.6 Å². The van der Waals surface area contributed by atoms with Gasteiger partial charge in [0.25, 0.3) is 0 Å². The number of ether oxygens (including phenoxy) is 1. The molecule has 3 aromatic rings. The summed E-state index contributed by atoms with van der Waals surface area (Å²) in [6.45, 7) is 13.0. The zero-order chi connectivity index (χ0) is 24.7. The summed E-state index contributed by atoms with van der Waals surface area (Å²) in [5, 5.41) is 8.80. The van der Waals surface area contributed by atoms with Crippen LogP contribution < -0.4 is 5.32 Å². The van der Waals surface area contributed by atoms with Crippen molar-refractivity contribution in [3.05, 3.63) is 47.4 Å². The molecule has 0 unspecified atom stereocenters. The van der Waals surface area contributed by atoms with E-state index in [2.05, 4.69) is 39.9 Å². The van der Waals surface area contributed by atoms with Gasteiger partial charge in [-0.25, -0.2) is 19.0 Å². The summed E-state index contributed by atoms with van der Waals surface area (Å²) in [6, 6.07) is 4.39. The van der Waals surface area contributed by atoms with Crippen molar-refractivity contribution in [2.45, 2.75) is 51.7 Å². The predicted molar refractivity (Wildman–Crippen MR) is 138 cm³/mol. The number of rotatable bonds is 6. The Morgan fingerprint density at radius 2 is 2.14 bits per heavy atom. The van der Waals surface area contributed by atoms with E-state index in [9.17, 15) is 0 Å². The van der Waals surface area contributed by atoms with Gasteiger partial charge >= 0.3 is 0 Å². The SMILES string of the molecule is C=C(CC)n1ncc(Nc2ncc3cc(C)c([C@@H]4CCN([C@H]5COC[C@H]5C)C[C@H]4F)cc3n2)c1Cl. The average molecular weight is 499 g/mol. The van der Waals surface area contributed by atoms with Gasteiger partial charge in [-0.3, -0.25) is 4.90 Å². The lowest BCUT2D eigenvalue weighted by molar-refractivity contribution is 0.0657. The monoisotopic (exact) mass is 498 g/mol. The molecule has 0 bridgehead atoms. The van der Waals surface area contributed by atoms with Crippen LogP contribution >= 0.6 is 11.6 Å². The second kappa shape index (κ2) is 9.84. The molecule has 1 N–H and O–H groups in total. The quantitative estimate of drug-likeness (QED) is 0.479. The van der Waals surface area contributed by atoms with Crippen LogP contribution in [-0.2, 0) is 4.74 Å². The fraction of sp³-hybridized carbons (Fsp3) is 0.500. The predicted octanol–water partition coefficient (Wildman–Crippen LogP) is 5.57. The first-order valence-electron chi connectivity index (χ1n) is 12.3.